The highest BCUT2D eigenvalue weighted by atomic mass is 16.6. The first kappa shape index (κ1) is 26.6. The van der Waals surface area contributed by atoms with Gasteiger partial charge in [-0.2, -0.15) is 0 Å². The lowest BCUT2D eigenvalue weighted by Gasteiger charge is -2.26. The highest BCUT2D eigenvalue weighted by Gasteiger charge is 2.46. The third-order valence-corrected chi connectivity index (χ3v) is 6.51. The summed E-state index contributed by atoms with van der Waals surface area (Å²) >= 11 is 0. The summed E-state index contributed by atoms with van der Waals surface area (Å²) in [6.07, 6.45) is 0. The van der Waals surface area contributed by atoms with Gasteiger partial charge >= 0.3 is 0 Å². The number of ether oxygens (including phenoxy) is 1. The average molecular weight is 516 g/mol. The molecule has 4 rings (SSSR count). The third-order valence-electron chi connectivity index (χ3n) is 6.51. The number of nitro benzene ring substituents is 1. The number of likely N-dealkylation sites (N-methyl/N-ethyl adjacent to an activating group) is 1. The van der Waals surface area contributed by atoms with Crippen LogP contribution in [-0.2, 0) is 16.2 Å². The normalized spacial score (nSPS) is 16.7. The number of hydrogen-bond donors (Lipinski definition) is 1. The third kappa shape index (κ3) is 5.57. The summed E-state index contributed by atoms with van der Waals surface area (Å²) in [6, 6.07) is 19.3. The molecule has 1 aliphatic rings. The molecule has 1 atom stereocenters. The van der Waals surface area contributed by atoms with E-state index in [2.05, 4.69) is 0 Å². The quantitative estimate of drug-likeness (QED) is 0.147. The van der Waals surface area contributed by atoms with Gasteiger partial charge in [-0.05, 0) is 62.0 Å². The molecule has 1 heterocycles. The number of rotatable bonds is 9. The topological polar surface area (TPSA) is 113 Å². The summed E-state index contributed by atoms with van der Waals surface area (Å²) in [4.78, 5) is 40.3. The minimum atomic E-state index is -0.966. The predicted molar refractivity (Wildman–Crippen MR) is 143 cm³/mol. The van der Waals surface area contributed by atoms with Gasteiger partial charge in [-0.1, -0.05) is 36.4 Å². The second-order valence-electron chi connectivity index (χ2n) is 9.39. The number of aliphatic hydroxyl groups is 1. The van der Waals surface area contributed by atoms with Gasteiger partial charge in [-0.3, -0.25) is 19.7 Å². The van der Waals surface area contributed by atoms with Crippen molar-refractivity contribution >= 4 is 23.1 Å². The molecule has 3 aromatic carbocycles. The number of aliphatic hydroxyl groups excluding tert-OH is 1. The zero-order valence-corrected chi connectivity index (χ0v) is 21.5. The molecule has 9 heteroatoms. The number of aryl methyl sites for hydroxylation is 1. The van der Waals surface area contributed by atoms with Crippen molar-refractivity contribution in [1.82, 2.24) is 9.80 Å². The zero-order chi connectivity index (χ0) is 27.4. The van der Waals surface area contributed by atoms with Gasteiger partial charge in [0.05, 0.1) is 16.5 Å². The maximum absolute atomic E-state index is 13.2. The Morgan fingerprint density at radius 2 is 1.76 bits per heavy atom. The SMILES string of the molecule is Cc1ccccc1COc1ccc(C(O)=C2C(=O)C(=O)N(CCN(C)C)C2c2cccc([N+](=O)[O-])c2)cc1. The Kier molecular flexibility index (Phi) is 7.87. The van der Waals surface area contributed by atoms with Crippen molar-refractivity contribution in [3.8, 4) is 5.75 Å². The van der Waals surface area contributed by atoms with Gasteiger partial charge in [0.2, 0.25) is 0 Å². The van der Waals surface area contributed by atoms with Crippen LogP contribution in [0.3, 0.4) is 0 Å². The number of likely N-dealkylation sites (tertiary alicyclic amines) is 1. The monoisotopic (exact) mass is 515 g/mol. The van der Waals surface area contributed by atoms with Crippen LogP contribution in [0.1, 0.15) is 28.3 Å². The number of hydrogen-bond acceptors (Lipinski definition) is 7. The van der Waals surface area contributed by atoms with Crippen molar-refractivity contribution in [2.75, 3.05) is 27.2 Å². The summed E-state index contributed by atoms with van der Waals surface area (Å²) in [5.74, 6) is -1.37. The standard InChI is InChI=1S/C29H29N3O6/c1-19-7-4-5-8-22(19)18-38-24-13-11-20(12-14-24)27(33)25-26(21-9-6-10-23(17-21)32(36)37)31(16-15-30(2)3)29(35)28(25)34/h4-14,17,26,33H,15-16,18H2,1-3H3. The van der Waals surface area contributed by atoms with E-state index in [9.17, 15) is 24.8 Å². The molecule has 9 nitrogen and oxygen atoms in total. The Morgan fingerprint density at radius 1 is 1.05 bits per heavy atom. The van der Waals surface area contributed by atoms with Gasteiger partial charge in [0.1, 0.15) is 18.1 Å². The first-order chi connectivity index (χ1) is 18.2. The van der Waals surface area contributed by atoms with Gasteiger partial charge in [0.15, 0.2) is 0 Å². The highest BCUT2D eigenvalue weighted by Crippen LogP contribution is 2.40. The number of nitrogens with zero attached hydrogens (tertiary/aromatic N) is 3. The molecule has 1 fully saturated rings. The van der Waals surface area contributed by atoms with Crippen molar-refractivity contribution in [2.24, 2.45) is 0 Å². The van der Waals surface area contributed by atoms with Gasteiger partial charge in [0.25, 0.3) is 17.4 Å². The van der Waals surface area contributed by atoms with Crippen molar-refractivity contribution in [3.05, 3.63) is 111 Å². The first-order valence-corrected chi connectivity index (χ1v) is 12.1. The molecule has 38 heavy (non-hydrogen) atoms. The molecule has 1 amide bonds. The van der Waals surface area contributed by atoms with Crippen LogP contribution >= 0.6 is 0 Å². The number of Topliss-reactive ketones (excluding diaryl/α,β-unsaturated/α-hetero) is 1. The lowest BCUT2D eigenvalue weighted by Crippen LogP contribution is -2.35. The molecule has 0 radical (unpaired) electrons. The second-order valence-corrected chi connectivity index (χ2v) is 9.39. The lowest BCUT2D eigenvalue weighted by atomic mass is 9.95. The van der Waals surface area contributed by atoms with Crippen molar-refractivity contribution in [3.63, 3.8) is 0 Å². The maximum atomic E-state index is 13.2. The molecule has 0 aliphatic carbocycles. The summed E-state index contributed by atoms with van der Waals surface area (Å²) in [5, 5.41) is 22.6. The van der Waals surface area contributed by atoms with E-state index in [1.807, 2.05) is 50.2 Å². The molecule has 0 aromatic heterocycles. The lowest BCUT2D eigenvalue weighted by molar-refractivity contribution is -0.384. The molecule has 0 saturated carbocycles. The second kappa shape index (κ2) is 11.3. The number of benzene rings is 3. The largest absolute Gasteiger partial charge is 0.507 e. The number of carbonyl (C=O) groups is 2. The van der Waals surface area contributed by atoms with Crippen molar-refractivity contribution in [2.45, 2.75) is 19.6 Å². The molecule has 1 N–H and O–H groups in total. The van der Waals surface area contributed by atoms with Crippen molar-refractivity contribution < 1.29 is 24.4 Å². The summed E-state index contributed by atoms with van der Waals surface area (Å²) in [7, 11) is 3.67. The van der Waals surface area contributed by atoms with Gasteiger partial charge in [-0.15, -0.1) is 0 Å². The van der Waals surface area contributed by atoms with Gasteiger partial charge in [-0.25, -0.2) is 0 Å². The Labute approximate surface area is 220 Å². The Bertz CT molecular complexity index is 1400. The van der Waals surface area contributed by atoms with Crippen LogP contribution in [0.5, 0.6) is 5.75 Å². The minimum Gasteiger partial charge on any atom is -0.507 e. The molecule has 0 bridgehead atoms. The fourth-order valence-electron chi connectivity index (χ4n) is 4.37. The van der Waals surface area contributed by atoms with Crippen molar-refractivity contribution in [1.29, 1.82) is 0 Å². The highest BCUT2D eigenvalue weighted by molar-refractivity contribution is 6.46. The van der Waals surface area contributed by atoms with E-state index in [1.54, 1.807) is 30.3 Å². The smallest absolute Gasteiger partial charge is 0.295 e. The van der Waals surface area contributed by atoms with Crippen LogP contribution in [0, 0.1) is 17.0 Å². The van der Waals surface area contributed by atoms with Gasteiger partial charge in [0, 0.05) is 30.8 Å². The molecule has 1 saturated heterocycles. The summed E-state index contributed by atoms with van der Waals surface area (Å²) in [6.45, 7) is 3.05. The molecular weight excluding hydrogens is 486 g/mol. The van der Waals surface area contributed by atoms with Crippen LogP contribution in [0.4, 0.5) is 5.69 Å². The molecule has 196 valence electrons. The molecule has 1 unspecified atom stereocenters. The maximum Gasteiger partial charge on any atom is 0.295 e. The first-order valence-electron chi connectivity index (χ1n) is 12.1. The van der Waals surface area contributed by atoms with E-state index in [4.69, 9.17) is 4.74 Å². The summed E-state index contributed by atoms with van der Waals surface area (Å²) < 4.78 is 5.87. The molecule has 0 spiro atoms. The average Bonchev–Trinajstić information content (AvgIpc) is 3.16. The molecular formula is C29H29N3O6. The molecule has 1 aliphatic heterocycles. The van der Waals surface area contributed by atoms with E-state index in [0.29, 0.717) is 30.0 Å². The Morgan fingerprint density at radius 3 is 2.42 bits per heavy atom. The van der Waals surface area contributed by atoms with Crippen LogP contribution in [0.15, 0.2) is 78.4 Å². The van der Waals surface area contributed by atoms with Crippen LogP contribution in [0.2, 0.25) is 0 Å². The number of nitro groups is 1. The van der Waals surface area contributed by atoms with Crippen LogP contribution in [0.25, 0.3) is 5.76 Å². The minimum absolute atomic E-state index is 0.108. The van der Waals surface area contributed by atoms with Crippen LogP contribution in [-0.4, -0.2) is 58.7 Å². The van der Waals surface area contributed by atoms with E-state index < -0.39 is 22.7 Å². The van der Waals surface area contributed by atoms with Gasteiger partial charge < -0.3 is 19.6 Å². The van der Waals surface area contributed by atoms with Crippen LogP contribution < -0.4 is 4.74 Å². The fraction of sp³-hybridized carbons (Fsp3) is 0.241. The van der Waals surface area contributed by atoms with E-state index >= 15 is 0 Å². The number of non-ortho nitro benzene ring substituents is 1. The number of amides is 1. The van der Waals surface area contributed by atoms with E-state index in [1.165, 1.54) is 23.1 Å². The van der Waals surface area contributed by atoms with E-state index in [-0.39, 0.29) is 23.6 Å². The van der Waals surface area contributed by atoms with E-state index in [0.717, 1.165) is 11.1 Å². The Balaban J connectivity index is 1.68. The number of carbonyl (C=O) groups excluding carboxylic acids is 2. The summed E-state index contributed by atoms with van der Waals surface area (Å²) in [5.41, 5.74) is 2.58. The predicted octanol–water partition coefficient (Wildman–Crippen LogP) is 4.47. The Hall–Kier alpha value is -4.50. The molecule has 3 aromatic rings. The fourth-order valence-corrected chi connectivity index (χ4v) is 4.37. The zero-order valence-electron chi connectivity index (χ0n) is 21.5. The number of ketones is 1.